The van der Waals surface area contributed by atoms with Crippen LogP contribution < -0.4 is 16.0 Å². The third kappa shape index (κ3) is 4.98. The molecule has 0 radical (unpaired) electrons. The molecule has 3 N–H and O–H groups in total. The summed E-state index contributed by atoms with van der Waals surface area (Å²) in [4.78, 5) is 23.8. The van der Waals surface area contributed by atoms with Crippen molar-refractivity contribution >= 4 is 34.2 Å². The number of carbonyl (C=O) groups excluding carboxylic acids is 1. The summed E-state index contributed by atoms with van der Waals surface area (Å²) in [6.07, 6.45) is 2.91. The Morgan fingerprint density at radius 2 is 1.83 bits per heavy atom. The second kappa shape index (κ2) is 10.5. The van der Waals surface area contributed by atoms with Crippen molar-refractivity contribution in [2.45, 2.75) is 20.3 Å². The third-order valence-electron chi connectivity index (χ3n) is 6.75. The number of rotatable bonds is 7. The molecule has 9 heteroatoms. The maximum atomic E-state index is 11.7. The van der Waals surface area contributed by atoms with Crippen LogP contribution in [0.4, 0.5) is 16.3 Å². The van der Waals surface area contributed by atoms with E-state index in [4.69, 9.17) is 14.7 Å². The van der Waals surface area contributed by atoms with Crippen molar-refractivity contribution in [1.29, 1.82) is 0 Å². The molecular formula is C27H33N7O2. The highest BCUT2D eigenvalue weighted by Gasteiger charge is 2.16. The Bertz CT molecular complexity index is 1370. The van der Waals surface area contributed by atoms with E-state index < -0.39 is 0 Å². The molecule has 5 rings (SSSR count). The van der Waals surface area contributed by atoms with E-state index in [-0.39, 0.29) is 6.03 Å². The minimum Gasteiger partial charge on any atom is -0.379 e. The largest absolute Gasteiger partial charge is 0.379 e. The van der Waals surface area contributed by atoms with Gasteiger partial charge in [-0.1, -0.05) is 12.1 Å². The SMILES string of the molecule is CNC(=O)Nc1ccc(-c2cnc3c(NCCCN4CCOCC4)nc4cc(C)c(C)cc4n23)cc1. The first kappa shape index (κ1) is 24.0. The van der Waals surface area contributed by atoms with Crippen molar-refractivity contribution in [1.82, 2.24) is 24.6 Å². The van der Waals surface area contributed by atoms with E-state index in [0.29, 0.717) is 0 Å². The van der Waals surface area contributed by atoms with Gasteiger partial charge in [-0.25, -0.2) is 14.8 Å². The van der Waals surface area contributed by atoms with Crippen LogP contribution in [-0.4, -0.2) is 71.7 Å². The summed E-state index contributed by atoms with van der Waals surface area (Å²) in [6, 6.07) is 11.9. The zero-order chi connectivity index (χ0) is 25.1. The van der Waals surface area contributed by atoms with Crippen LogP contribution in [0.1, 0.15) is 17.5 Å². The Kier molecular flexibility index (Phi) is 7.02. The number of nitrogens with one attached hydrogen (secondary N) is 3. The van der Waals surface area contributed by atoms with Gasteiger partial charge in [-0.05, 0) is 62.2 Å². The van der Waals surface area contributed by atoms with Gasteiger partial charge >= 0.3 is 6.03 Å². The van der Waals surface area contributed by atoms with E-state index in [1.54, 1.807) is 7.05 Å². The topological polar surface area (TPSA) is 95.8 Å². The summed E-state index contributed by atoms with van der Waals surface area (Å²) in [7, 11) is 1.60. The fourth-order valence-electron chi connectivity index (χ4n) is 4.56. The lowest BCUT2D eigenvalue weighted by atomic mass is 10.1. The van der Waals surface area contributed by atoms with Crippen molar-refractivity contribution < 1.29 is 9.53 Å². The maximum Gasteiger partial charge on any atom is 0.318 e. The number of hydrogen-bond acceptors (Lipinski definition) is 6. The van der Waals surface area contributed by atoms with Gasteiger partial charge in [-0.15, -0.1) is 0 Å². The number of nitrogens with zero attached hydrogens (tertiary/aromatic N) is 4. The quantitative estimate of drug-likeness (QED) is 0.341. The number of fused-ring (bicyclic) bond motifs is 3. The van der Waals surface area contributed by atoms with E-state index >= 15 is 0 Å². The molecule has 3 heterocycles. The maximum absolute atomic E-state index is 11.7. The normalized spacial score (nSPS) is 14.3. The number of benzene rings is 2. The molecule has 1 fully saturated rings. The summed E-state index contributed by atoms with van der Waals surface area (Å²) in [5, 5.41) is 8.92. The Hall–Kier alpha value is -3.69. The number of morpholine rings is 1. The number of ether oxygens (including phenoxy) is 1. The van der Waals surface area contributed by atoms with Gasteiger partial charge in [0.1, 0.15) is 0 Å². The van der Waals surface area contributed by atoms with Crippen LogP contribution in [0.2, 0.25) is 0 Å². The number of aromatic nitrogens is 3. The number of anilines is 2. The first-order valence-corrected chi connectivity index (χ1v) is 12.4. The third-order valence-corrected chi connectivity index (χ3v) is 6.75. The molecule has 0 bridgehead atoms. The predicted molar refractivity (Wildman–Crippen MR) is 144 cm³/mol. The zero-order valence-electron chi connectivity index (χ0n) is 21.1. The van der Waals surface area contributed by atoms with E-state index in [1.807, 2.05) is 30.5 Å². The van der Waals surface area contributed by atoms with E-state index in [9.17, 15) is 4.79 Å². The predicted octanol–water partition coefficient (Wildman–Crippen LogP) is 4.05. The molecule has 2 amide bonds. The number of amides is 2. The molecule has 0 unspecified atom stereocenters. The van der Waals surface area contributed by atoms with E-state index in [1.165, 1.54) is 11.1 Å². The van der Waals surface area contributed by atoms with Crippen LogP contribution in [0.25, 0.3) is 27.9 Å². The molecule has 1 aliphatic heterocycles. The average molecular weight is 488 g/mol. The molecule has 4 aromatic rings. The van der Waals surface area contributed by atoms with Gasteiger partial charge in [0.15, 0.2) is 11.5 Å². The van der Waals surface area contributed by atoms with Crippen molar-refractivity contribution in [3.63, 3.8) is 0 Å². The molecular weight excluding hydrogens is 454 g/mol. The molecule has 36 heavy (non-hydrogen) atoms. The van der Waals surface area contributed by atoms with Gasteiger partial charge in [0.05, 0.1) is 36.1 Å². The average Bonchev–Trinajstić information content (AvgIpc) is 3.34. The number of aryl methyl sites for hydroxylation is 2. The van der Waals surface area contributed by atoms with Crippen molar-refractivity contribution in [3.05, 3.63) is 53.7 Å². The second-order valence-corrected chi connectivity index (χ2v) is 9.20. The lowest BCUT2D eigenvalue weighted by Gasteiger charge is -2.26. The first-order chi connectivity index (χ1) is 17.5. The van der Waals surface area contributed by atoms with Gasteiger partial charge < -0.3 is 20.7 Å². The van der Waals surface area contributed by atoms with Crippen LogP contribution in [0, 0.1) is 13.8 Å². The van der Waals surface area contributed by atoms with Crippen molar-refractivity contribution in [2.75, 3.05) is 57.1 Å². The summed E-state index contributed by atoms with van der Waals surface area (Å²) in [5.74, 6) is 0.789. The molecule has 1 aliphatic rings. The number of carbonyl (C=O) groups is 1. The van der Waals surface area contributed by atoms with Crippen LogP contribution in [0.5, 0.6) is 0 Å². The molecule has 1 saturated heterocycles. The number of urea groups is 1. The van der Waals surface area contributed by atoms with Crippen LogP contribution >= 0.6 is 0 Å². The summed E-state index contributed by atoms with van der Waals surface area (Å²) in [5.41, 5.74) is 7.88. The summed E-state index contributed by atoms with van der Waals surface area (Å²) in [6.45, 7) is 9.72. The molecule has 188 valence electrons. The Balaban J connectivity index is 1.47. The lowest BCUT2D eigenvalue weighted by Crippen LogP contribution is -2.37. The standard InChI is InChI=1S/C27H33N7O2/c1-18-15-22-23(16-19(18)2)34-24(20-5-7-21(8-6-20)31-27(35)28-3)17-30-26(34)25(32-22)29-9-4-10-33-11-13-36-14-12-33/h5-8,15-17H,4,9-14H2,1-3H3,(H,29,32)(H2,28,31,35). The molecule has 0 spiro atoms. The molecule has 0 aliphatic carbocycles. The summed E-state index contributed by atoms with van der Waals surface area (Å²) < 4.78 is 7.63. The Morgan fingerprint density at radius 3 is 2.58 bits per heavy atom. The summed E-state index contributed by atoms with van der Waals surface area (Å²) >= 11 is 0. The fraction of sp³-hybridized carbons (Fsp3) is 0.370. The smallest absolute Gasteiger partial charge is 0.318 e. The molecule has 0 saturated carbocycles. The van der Waals surface area contributed by atoms with Gasteiger partial charge in [-0.2, -0.15) is 0 Å². The Morgan fingerprint density at radius 1 is 1.08 bits per heavy atom. The zero-order valence-corrected chi connectivity index (χ0v) is 21.1. The lowest BCUT2D eigenvalue weighted by molar-refractivity contribution is 0.0378. The van der Waals surface area contributed by atoms with Gasteiger partial charge in [-0.3, -0.25) is 9.30 Å². The van der Waals surface area contributed by atoms with Gasteiger partial charge in [0.25, 0.3) is 0 Å². The monoisotopic (exact) mass is 487 g/mol. The minimum atomic E-state index is -0.246. The van der Waals surface area contributed by atoms with Crippen LogP contribution in [0.15, 0.2) is 42.6 Å². The fourth-order valence-corrected chi connectivity index (χ4v) is 4.56. The van der Waals surface area contributed by atoms with Crippen molar-refractivity contribution in [2.24, 2.45) is 0 Å². The van der Waals surface area contributed by atoms with Crippen LogP contribution in [0.3, 0.4) is 0 Å². The second-order valence-electron chi connectivity index (χ2n) is 9.20. The van der Waals surface area contributed by atoms with E-state index in [2.05, 4.69) is 51.2 Å². The van der Waals surface area contributed by atoms with Crippen LogP contribution in [-0.2, 0) is 4.74 Å². The highest BCUT2D eigenvalue weighted by Crippen LogP contribution is 2.30. The molecule has 2 aromatic heterocycles. The van der Waals surface area contributed by atoms with Gasteiger partial charge in [0.2, 0.25) is 0 Å². The Labute approximate surface area is 210 Å². The highest BCUT2D eigenvalue weighted by molar-refractivity contribution is 5.90. The molecule has 9 nitrogen and oxygen atoms in total. The number of imidazole rings is 1. The van der Waals surface area contributed by atoms with Crippen molar-refractivity contribution in [3.8, 4) is 11.3 Å². The highest BCUT2D eigenvalue weighted by atomic mass is 16.5. The first-order valence-electron chi connectivity index (χ1n) is 12.4. The molecule has 0 atom stereocenters. The van der Waals surface area contributed by atoms with Gasteiger partial charge in [0, 0.05) is 37.9 Å². The van der Waals surface area contributed by atoms with E-state index in [0.717, 1.165) is 85.3 Å². The number of hydrogen-bond donors (Lipinski definition) is 3. The molecule has 2 aromatic carbocycles. The minimum absolute atomic E-state index is 0.246.